The smallest absolute Gasteiger partial charge is 0.0822 e. The van der Waals surface area contributed by atoms with E-state index in [0.717, 1.165) is 26.1 Å². The first-order chi connectivity index (χ1) is 8.91. The Morgan fingerprint density at radius 2 is 0.778 bits per heavy atom. The van der Waals surface area contributed by atoms with Gasteiger partial charge in [-0.15, -0.1) is 0 Å². The Labute approximate surface area is 114 Å². The van der Waals surface area contributed by atoms with Gasteiger partial charge in [-0.25, -0.2) is 9.78 Å². The van der Waals surface area contributed by atoms with Gasteiger partial charge < -0.3 is 0 Å². The summed E-state index contributed by atoms with van der Waals surface area (Å²) in [5.41, 5.74) is 0. The van der Waals surface area contributed by atoms with Crippen molar-refractivity contribution in [3.05, 3.63) is 0 Å². The van der Waals surface area contributed by atoms with Crippen LogP contribution in [0.4, 0.5) is 0 Å². The Hall–Kier alpha value is -0.0800. The van der Waals surface area contributed by atoms with Crippen molar-refractivity contribution in [2.24, 2.45) is 0 Å². The van der Waals surface area contributed by atoms with Crippen LogP contribution in [0.5, 0.6) is 0 Å². The Bertz CT molecular complexity index is 121. The molecular weight excluding hydrogens is 224 g/mol. The summed E-state index contributed by atoms with van der Waals surface area (Å²) in [6.07, 6.45) is 15.6. The van der Waals surface area contributed by atoms with Gasteiger partial charge in [-0.1, -0.05) is 78.1 Å². The molecule has 0 aliphatic rings. The average molecular weight is 258 g/mol. The van der Waals surface area contributed by atoms with E-state index in [-0.39, 0.29) is 0 Å². The predicted molar refractivity (Wildman–Crippen MR) is 78.7 cm³/mol. The van der Waals surface area contributed by atoms with Gasteiger partial charge in [0.15, 0.2) is 0 Å². The van der Waals surface area contributed by atoms with Crippen LogP contribution < -0.4 is 0 Å². The molecule has 0 heterocycles. The molecule has 0 spiro atoms. The lowest BCUT2D eigenvalue weighted by Gasteiger charge is -2.04. The van der Waals surface area contributed by atoms with Crippen LogP contribution in [-0.4, -0.2) is 13.2 Å². The molecule has 0 saturated carbocycles. The van der Waals surface area contributed by atoms with Gasteiger partial charge in [0.05, 0.1) is 13.2 Å². The van der Waals surface area contributed by atoms with Gasteiger partial charge in [0.1, 0.15) is 0 Å². The molecule has 0 unspecified atom stereocenters. The molecule has 0 radical (unpaired) electrons. The zero-order valence-electron chi connectivity index (χ0n) is 12.7. The van der Waals surface area contributed by atoms with Crippen LogP contribution in [0.15, 0.2) is 0 Å². The molecule has 18 heavy (non-hydrogen) atoms. The second-order valence-corrected chi connectivity index (χ2v) is 5.18. The minimum Gasteiger partial charge on any atom is -0.237 e. The van der Waals surface area contributed by atoms with Crippen LogP contribution in [0.2, 0.25) is 0 Å². The quantitative estimate of drug-likeness (QED) is 0.214. The van der Waals surface area contributed by atoms with Gasteiger partial charge in [0, 0.05) is 0 Å². The molecule has 0 bridgehead atoms. The maximum Gasteiger partial charge on any atom is 0.0822 e. The maximum absolute atomic E-state index is 5.17. The molecule has 2 nitrogen and oxygen atoms in total. The molecule has 0 aliphatic heterocycles. The van der Waals surface area contributed by atoms with Crippen molar-refractivity contribution in [2.75, 3.05) is 13.2 Å². The van der Waals surface area contributed by atoms with Crippen LogP contribution in [0.25, 0.3) is 0 Å². The highest BCUT2D eigenvalue weighted by Crippen LogP contribution is 2.06. The summed E-state index contributed by atoms with van der Waals surface area (Å²) in [7, 11) is 0. The normalized spacial score (nSPS) is 11.0. The summed E-state index contributed by atoms with van der Waals surface area (Å²) in [6.45, 7) is 6.03. The van der Waals surface area contributed by atoms with Crippen LogP contribution in [-0.2, 0) is 9.78 Å². The second-order valence-electron chi connectivity index (χ2n) is 5.18. The largest absolute Gasteiger partial charge is 0.237 e. The fourth-order valence-electron chi connectivity index (χ4n) is 2.00. The molecular formula is C16H34O2. The van der Waals surface area contributed by atoms with Crippen molar-refractivity contribution >= 4 is 0 Å². The minimum absolute atomic E-state index is 0.766. The fraction of sp³-hybridized carbons (Fsp3) is 1.00. The van der Waals surface area contributed by atoms with E-state index in [9.17, 15) is 0 Å². The Kier molecular flexibility index (Phi) is 16.8. The monoisotopic (exact) mass is 258 g/mol. The van der Waals surface area contributed by atoms with Gasteiger partial charge in [-0.2, -0.15) is 0 Å². The van der Waals surface area contributed by atoms with Gasteiger partial charge in [0.25, 0.3) is 0 Å². The molecule has 0 N–H and O–H groups in total. The van der Waals surface area contributed by atoms with E-state index < -0.39 is 0 Å². The number of rotatable bonds is 15. The average Bonchev–Trinajstić information content (AvgIpc) is 2.39. The van der Waals surface area contributed by atoms with Crippen molar-refractivity contribution in [3.8, 4) is 0 Å². The number of hydrogen-bond acceptors (Lipinski definition) is 2. The van der Waals surface area contributed by atoms with Crippen LogP contribution in [0.3, 0.4) is 0 Å². The van der Waals surface area contributed by atoms with Crippen molar-refractivity contribution in [3.63, 3.8) is 0 Å². The SMILES string of the molecule is CCCCCCCCOOCCCCCCCC. The fourth-order valence-corrected chi connectivity index (χ4v) is 2.00. The van der Waals surface area contributed by atoms with E-state index in [1.165, 1.54) is 64.2 Å². The van der Waals surface area contributed by atoms with E-state index in [1.807, 2.05) is 0 Å². The Balaban J connectivity index is 2.86. The molecule has 0 saturated heterocycles. The first-order valence-corrected chi connectivity index (χ1v) is 8.16. The van der Waals surface area contributed by atoms with Gasteiger partial charge in [-0.3, -0.25) is 0 Å². The highest BCUT2D eigenvalue weighted by molar-refractivity contribution is 4.43. The van der Waals surface area contributed by atoms with Crippen molar-refractivity contribution in [1.82, 2.24) is 0 Å². The van der Waals surface area contributed by atoms with Gasteiger partial charge in [0.2, 0.25) is 0 Å². The van der Waals surface area contributed by atoms with E-state index in [2.05, 4.69) is 13.8 Å². The number of hydrogen-bond donors (Lipinski definition) is 0. The standard InChI is InChI=1S/C16H34O2/c1-3-5-7-9-11-13-15-17-18-16-14-12-10-8-6-4-2/h3-16H2,1-2H3. The summed E-state index contributed by atoms with van der Waals surface area (Å²) in [5, 5.41) is 0. The molecule has 0 aromatic heterocycles. The van der Waals surface area contributed by atoms with Crippen LogP contribution in [0, 0.1) is 0 Å². The van der Waals surface area contributed by atoms with Crippen molar-refractivity contribution in [1.29, 1.82) is 0 Å². The molecule has 0 aromatic rings. The Morgan fingerprint density at radius 1 is 0.444 bits per heavy atom. The van der Waals surface area contributed by atoms with Crippen molar-refractivity contribution in [2.45, 2.75) is 90.9 Å². The highest BCUT2D eigenvalue weighted by Gasteiger charge is 1.93. The second kappa shape index (κ2) is 16.9. The zero-order chi connectivity index (χ0) is 13.3. The third kappa shape index (κ3) is 15.9. The van der Waals surface area contributed by atoms with Gasteiger partial charge in [-0.05, 0) is 12.8 Å². The summed E-state index contributed by atoms with van der Waals surface area (Å²) in [5.74, 6) is 0. The first-order valence-electron chi connectivity index (χ1n) is 8.16. The summed E-state index contributed by atoms with van der Waals surface area (Å²) in [6, 6.07) is 0. The molecule has 0 rings (SSSR count). The topological polar surface area (TPSA) is 18.5 Å². The third-order valence-electron chi connectivity index (χ3n) is 3.25. The first kappa shape index (κ1) is 17.9. The highest BCUT2D eigenvalue weighted by atomic mass is 17.2. The van der Waals surface area contributed by atoms with E-state index in [4.69, 9.17) is 9.78 Å². The lowest BCUT2D eigenvalue weighted by atomic mass is 10.1. The predicted octanol–water partition coefficient (Wildman–Crippen LogP) is 5.66. The van der Waals surface area contributed by atoms with Crippen LogP contribution in [0.1, 0.15) is 90.9 Å². The molecule has 0 amide bonds. The lowest BCUT2D eigenvalue weighted by Crippen LogP contribution is -1.99. The molecule has 0 aliphatic carbocycles. The van der Waals surface area contributed by atoms with E-state index >= 15 is 0 Å². The number of unbranched alkanes of at least 4 members (excludes halogenated alkanes) is 10. The zero-order valence-corrected chi connectivity index (χ0v) is 12.7. The Morgan fingerprint density at radius 3 is 1.17 bits per heavy atom. The third-order valence-corrected chi connectivity index (χ3v) is 3.25. The van der Waals surface area contributed by atoms with Crippen LogP contribution >= 0.6 is 0 Å². The van der Waals surface area contributed by atoms with E-state index in [1.54, 1.807) is 0 Å². The van der Waals surface area contributed by atoms with Crippen molar-refractivity contribution < 1.29 is 9.78 Å². The summed E-state index contributed by atoms with van der Waals surface area (Å²) < 4.78 is 0. The summed E-state index contributed by atoms with van der Waals surface area (Å²) in [4.78, 5) is 10.3. The maximum atomic E-state index is 5.17. The molecule has 2 heteroatoms. The molecule has 110 valence electrons. The van der Waals surface area contributed by atoms with E-state index in [0.29, 0.717) is 0 Å². The molecule has 0 aromatic carbocycles. The van der Waals surface area contributed by atoms with Gasteiger partial charge >= 0.3 is 0 Å². The summed E-state index contributed by atoms with van der Waals surface area (Å²) >= 11 is 0. The molecule has 0 fully saturated rings. The minimum atomic E-state index is 0.766. The lowest BCUT2D eigenvalue weighted by molar-refractivity contribution is -0.295. The molecule has 0 atom stereocenters.